The van der Waals surface area contributed by atoms with Crippen LogP contribution in [0.2, 0.25) is 0 Å². The molecule has 1 aliphatic heterocycles. The molecule has 7 nitrogen and oxygen atoms in total. The Kier molecular flexibility index (Phi) is 3.36. The van der Waals surface area contributed by atoms with Gasteiger partial charge < -0.3 is 14.9 Å². The Morgan fingerprint density at radius 3 is 2.31 bits per heavy atom. The zero-order valence-corrected chi connectivity index (χ0v) is 8.80. The number of carbonyl (C=O) groups is 3. The van der Waals surface area contributed by atoms with Crippen molar-refractivity contribution < 1.29 is 29.3 Å². The molecule has 0 unspecified atom stereocenters. The third-order valence-corrected chi connectivity index (χ3v) is 2.58. The third kappa shape index (κ3) is 1.68. The van der Waals surface area contributed by atoms with Crippen molar-refractivity contribution in [1.82, 2.24) is 4.90 Å². The topological polar surface area (TPSA) is 104 Å². The molecule has 1 saturated heterocycles. The Bertz CT molecular complexity index is 312. The normalized spacial score (nSPS) is 18.2. The summed E-state index contributed by atoms with van der Waals surface area (Å²) in [5.74, 6) is -3.07. The fourth-order valence-electron chi connectivity index (χ4n) is 1.80. The van der Waals surface area contributed by atoms with Gasteiger partial charge in [-0.2, -0.15) is 0 Å². The van der Waals surface area contributed by atoms with Crippen molar-refractivity contribution >= 4 is 18.0 Å². The molecule has 0 aliphatic carbocycles. The average Bonchev–Trinajstić information content (AvgIpc) is 2.62. The molecule has 7 heteroatoms. The minimum atomic E-state index is -2.17. The molecule has 0 aromatic carbocycles. The zero-order valence-electron chi connectivity index (χ0n) is 8.80. The molecule has 0 aromatic heterocycles. The molecule has 16 heavy (non-hydrogen) atoms. The number of carbonyl (C=O) groups excluding carboxylic acids is 1. The Morgan fingerprint density at radius 2 is 1.88 bits per heavy atom. The van der Waals surface area contributed by atoms with Crippen LogP contribution >= 0.6 is 0 Å². The summed E-state index contributed by atoms with van der Waals surface area (Å²) in [6.45, 7) is 1.72. The van der Waals surface area contributed by atoms with E-state index in [0.717, 1.165) is 4.90 Å². The quantitative estimate of drug-likeness (QED) is 0.670. The minimum Gasteiger partial charge on any atom is -0.479 e. The van der Waals surface area contributed by atoms with Crippen LogP contribution in [0.15, 0.2) is 0 Å². The molecule has 0 saturated carbocycles. The Hall–Kier alpha value is -1.79. The summed E-state index contributed by atoms with van der Waals surface area (Å²) < 4.78 is 4.64. The molecule has 90 valence electrons. The SMILES string of the molecule is CCOC(=O)N1CCCC1(C(=O)O)C(=O)O. The maximum Gasteiger partial charge on any atom is 0.411 e. The van der Waals surface area contributed by atoms with Crippen molar-refractivity contribution in [2.24, 2.45) is 0 Å². The van der Waals surface area contributed by atoms with Gasteiger partial charge in [0.25, 0.3) is 0 Å². The summed E-state index contributed by atoms with van der Waals surface area (Å²) in [5, 5.41) is 18.0. The van der Waals surface area contributed by atoms with Crippen LogP contribution in [0.1, 0.15) is 19.8 Å². The molecule has 1 rings (SSSR count). The molecule has 0 spiro atoms. The van der Waals surface area contributed by atoms with Gasteiger partial charge in [-0.25, -0.2) is 14.4 Å². The fraction of sp³-hybridized carbons (Fsp3) is 0.667. The Balaban J connectivity index is 3.03. The molecule has 1 heterocycles. The predicted octanol–water partition coefficient (Wildman–Crippen LogP) is 0.147. The second kappa shape index (κ2) is 4.38. The monoisotopic (exact) mass is 231 g/mol. The van der Waals surface area contributed by atoms with E-state index < -0.39 is 23.6 Å². The summed E-state index contributed by atoms with van der Waals surface area (Å²) in [7, 11) is 0. The van der Waals surface area contributed by atoms with Crippen LogP contribution in [-0.4, -0.2) is 51.8 Å². The number of rotatable bonds is 3. The first-order valence-corrected chi connectivity index (χ1v) is 4.88. The fourth-order valence-corrected chi connectivity index (χ4v) is 1.80. The van der Waals surface area contributed by atoms with Crippen LogP contribution in [-0.2, 0) is 14.3 Å². The lowest BCUT2D eigenvalue weighted by Gasteiger charge is -2.29. The van der Waals surface area contributed by atoms with E-state index in [1.54, 1.807) is 6.92 Å². The van der Waals surface area contributed by atoms with E-state index >= 15 is 0 Å². The molecule has 0 bridgehead atoms. The van der Waals surface area contributed by atoms with Gasteiger partial charge in [-0.15, -0.1) is 0 Å². The van der Waals surface area contributed by atoms with Crippen molar-refractivity contribution in [3.05, 3.63) is 0 Å². The molecule has 2 N–H and O–H groups in total. The van der Waals surface area contributed by atoms with Gasteiger partial charge in [0.15, 0.2) is 0 Å². The minimum absolute atomic E-state index is 0.0741. The van der Waals surface area contributed by atoms with E-state index in [4.69, 9.17) is 10.2 Å². The highest BCUT2D eigenvalue weighted by molar-refractivity contribution is 6.06. The van der Waals surface area contributed by atoms with Crippen LogP contribution in [0.5, 0.6) is 0 Å². The van der Waals surface area contributed by atoms with Crippen LogP contribution in [0, 0.1) is 0 Å². The number of amides is 1. The number of carboxylic acids is 2. The zero-order chi connectivity index (χ0) is 12.3. The number of hydrogen-bond acceptors (Lipinski definition) is 4. The first-order valence-electron chi connectivity index (χ1n) is 4.88. The first-order chi connectivity index (χ1) is 7.46. The van der Waals surface area contributed by atoms with E-state index in [9.17, 15) is 14.4 Å². The maximum atomic E-state index is 11.4. The van der Waals surface area contributed by atoms with E-state index in [0.29, 0.717) is 6.42 Å². The number of aliphatic carboxylic acids is 2. The van der Waals surface area contributed by atoms with Crippen molar-refractivity contribution in [1.29, 1.82) is 0 Å². The average molecular weight is 231 g/mol. The highest BCUT2D eigenvalue weighted by Gasteiger charge is 2.57. The number of carboxylic acid groups (broad SMARTS) is 2. The predicted molar refractivity (Wildman–Crippen MR) is 51.0 cm³/mol. The van der Waals surface area contributed by atoms with E-state index in [2.05, 4.69) is 4.74 Å². The maximum absolute atomic E-state index is 11.4. The van der Waals surface area contributed by atoms with Gasteiger partial charge in [-0.05, 0) is 19.8 Å². The molecule has 0 radical (unpaired) electrons. The highest BCUT2D eigenvalue weighted by Crippen LogP contribution is 2.30. The first kappa shape index (κ1) is 12.3. The molecule has 0 aromatic rings. The van der Waals surface area contributed by atoms with Crippen molar-refractivity contribution in [3.8, 4) is 0 Å². The van der Waals surface area contributed by atoms with Crippen LogP contribution in [0.4, 0.5) is 4.79 Å². The lowest BCUT2D eigenvalue weighted by Crippen LogP contribution is -2.58. The lowest BCUT2D eigenvalue weighted by atomic mass is 9.97. The summed E-state index contributed by atoms with van der Waals surface area (Å²) in [6, 6.07) is 0. The third-order valence-electron chi connectivity index (χ3n) is 2.58. The van der Waals surface area contributed by atoms with Gasteiger partial charge >= 0.3 is 18.0 Å². The number of hydrogen-bond donors (Lipinski definition) is 2. The molecular weight excluding hydrogens is 218 g/mol. The van der Waals surface area contributed by atoms with Crippen LogP contribution in [0.3, 0.4) is 0 Å². The van der Waals surface area contributed by atoms with Gasteiger partial charge in [0.1, 0.15) is 0 Å². The van der Waals surface area contributed by atoms with E-state index in [1.807, 2.05) is 0 Å². The Morgan fingerprint density at radius 1 is 1.31 bits per heavy atom. The van der Waals surface area contributed by atoms with Crippen molar-refractivity contribution in [3.63, 3.8) is 0 Å². The number of nitrogens with zero attached hydrogens (tertiary/aromatic N) is 1. The van der Waals surface area contributed by atoms with E-state index in [-0.39, 0.29) is 19.6 Å². The smallest absolute Gasteiger partial charge is 0.411 e. The van der Waals surface area contributed by atoms with Gasteiger partial charge in [-0.1, -0.05) is 0 Å². The highest BCUT2D eigenvalue weighted by atomic mass is 16.6. The molecular formula is C9H13NO6. The standard InChI is InChI=1S/C9H13NO6/c1-2-16-8(15)10-5-3-4-9(10,6(11)12)7(13)14/h2-5H2,1H3,(H,11,12)(H,13,14). The van der Waals surface area contributed by atoms with Crippen LogP contribution < -0.4 is 0 Å². The lowest BCUT2D eigenvalue weighted by molar-refractivity contribution is -0.164. The summed E-state index contributed by atoms with van der Waals surface area (Å²) in [6.07, 6.45) is -0.668. The largest absolute Gasteiger partial charge is 0.479 e. The van der Waals surface area contributed by atoms with E-state index in [1.165, 1.54) is 0 Å². The molecule has 1 aliphatic rings. The van der Waals surface area contributed by atoms with Gasteiger partial charge in [0.2, 0.25) is 5.54 Å². The number of ether oxygens (including phenoxy) is 1. The Labute approximate surface area is 91.6 Å². The number of likely N-dealkylation sites (tertiary alicyclic amines) is 1. The van der Waals surface area contributed by atoms with Crippen LogP contribution in [0.25, 0.3) is 0 Å². The summed E-state index contributed by atoms with van der Waals surface area (Å²) in [5.41, 5.74) is -2.17. The van der Waals surface area contributed by atoms with Crippen molar-refractivity contribution in [2.45, 2.75) is 25.3 Å². The van der Waals surface area contributed by atoms with Gasteiger partial charge in [-0.3, -0.25) is 4.90 Å². The molecule has 0 atom stereocenters. The summed E-state index contributed by atoms with van der Waals surface area (Å²) in [4.78, 5) is 34.3. The summed E-state index contributed by atoms with van der Waals surface area (Å²) >= 11 is 0. The van der Waals surface area contributed by atoms with Gasteiger partial charge in [0, 0.05) is 6.54 Å². The second-order valence-electron chi connectivity index (χ2n) is 3.42. The molecule has 1 amide bonds. The van der Waals surface area contributed by atoms with Gasteiger partial charge in [0.05, 0.1) is 6.61 Å². The van der Waals surface area contributed by atoms with Crippen molar-refractivity contribution in [2.75, 3.05) is 13.2 Å². The molecule has 1 fully saturated rings. The second-order valence-corrected chi connectivity index (χ2v) is 3.42.